The number of aromatic nitrogens is 1. The minimum atomic E-state index is -3.70. The van der Waals surface area contributed by atoms with Gasteiger partial charge in [0, 0.05) is 25.7 Å². The summed E-state index contributed by atoms with van der Waals surface area (Å²) < 4.78 is 28.7. The zero-order valence-corrected chi connectivity index (χ0v) is 19.3. The summed E-state index contributed by atoms with van der Waals surface area (Å²) in [6.07, 6.45) is 3.68. The molecule has 1 aliphatic rings. The Bertz CT molecular complexity index is 1020. The van der Waals surface area contributed by atoms with Gasteiger partial charge in [-0.1, -0.05) is 6.07 Å². The van der Waals surface area contributed by atoms with Gasteiger partial charge in [0.1, 0.15) is 0 Å². The highest BCUT2D eigenvalue weighted by Gasteiger charge is 2.31. The van der Waals surface area contributed by atoms with Gasteiger partial charge in [-0.3, -0.25) is 9.78 Å². The van der Waals surface area contributed by atoms with Crippen molar-refractivity contribution in [3.05, 3.63) is 57.9 Å². The fourth-order valence-electron chi connectivity index (χ4n) is 4.32. The lowest BCUT2D eigenvalue weighted by Gasteiger charge is -2.24. The van der Waals surface area contributed by atoms with Crippen molar-refractivity contribution in [2.24, 2.45) is 0 Å². The number of likely N-dealkylation sites (tertiary alicyclic amines) is 1. The number of sulfonamides is 1. The van der Waals surface area contributed by atoms with E-state index < -0.39 is 10.0 Å². The van der Waals surface area contributed by atoms with E-state index in [9.17, 15) is 13.2 Å². The van der Waals surface area contributed by atoms with Crippen LogP contribution in [0, 0.1) is 34.6 Å². The maximum Gasteiger partial charge on any atom is 0.241 e. The number of rotatable bonds is 6. The normalized spacial score (nSPS) is 16.8. The third-order valence-electron chi connectivity index (χ3n) is 6.43. The summed E-state index contributed by atoms with van der Waals surface area (Å²) in [4.78, 5) is 19.4. The van der Waals surface area contributed by atoms with Crippen LogP contribution in [0.3, 0.4) is 0 Å². The minimum absolute atomic E-state index is 0.0257. The van der Waals surface area contributed by atoms with E-state index in [1.165, 1.54) is 0 Å². The molecule has 162 valence electrons. The molecule has 1 fully saturated rings. The van der Waals surface area contributed by atoms with Gasteiger partial charge in [0.25, 0.3) is 0 Å². The van der Waals surface area contributed by atoms with Crippen LogP contribution < -0.4 is 4.72 Å². The summed E-state index contributed by atoms with van der Waals surface area (Å²) in [5.41, 5.74) is 5.53. The summed E-state index contributed by atoms with van der Waals surface area (Å²) in [6, 6.07) is 5.69. The van der Waals surface area contributed by atoms with E-state index in [1.807, 2.05) is 57.7 Å². The molecule has 0 radical (unpaired) electrons. The number of carbonyl (C=O) groups excluding carboxylic acids is 1. The molecule has 1 aromatic carbocycles. The molecule has 1 aliphatic heterocycles. The van der Waals surface area contributed by atoms with Crippen LogP contribution in [-0.4, -0.2) is 37.3 Å². The number of carbonyl (C=O) groups is 1. The van der Waals surface area contributed by atoms with Gasteiger partial charge >= 0.3 is 0 Å². The minimum Gasteiger partial charge on any atom is -0.334 e. The topological polar surface area (TPSA) is 79.4 Å². The second kappa shape index (κ2) is 8.86. The van der Waals surface area contributed by atoms with E-state index in [-0.39, 0.29) is 24.9 Å². The van der Waals surface area contributed by atoms with Crippen LogP contribution in [0.4, 0.5) is 0 Å². The number of nitrogens with one attached hydrogen (secondary N) is 1. The van der Waals surface area contributed by atoms with E-state index >= 15 is 0 Å². The first-order chi connectivity index (χ1) is 14.1. The smallest absolute Gasteiger partial charge is 0.241 e. The first-order valence-corrected chi connectivity index (χ1v) is 11.9. The molecule has 3 rings (SSSR count). The predicted molar refractivity (Wildman–Crippen MR) is 118 cm³/mol. The standard InChI is InChI=1S/C23H31N3O3S/c1-15-16(2)18(4)23(19(5)17(15)3)30(28,29)25-13-11-22(27)26-14-8-10-21(26)20-9-6-7-12-24-20/h6-7,9,12,21,25H,8,10-11,13-14H2,1-5H3. The Morgan fingerprint density at radius 2 is 1.70 bits per heavy atom. The quantitative estimate of drug-likeness (QED) is 0.760. The van der Waals surface area contributed by atoms with E-state index in [0.29, 0.717) is 11.4 Å². The van der Waals surface area contributed by atoms with E-state index in [0.717, 1.165) is 46.4 Å². The molecule has 7 heteroatoms. The second-order valence-electron chi connectivity index (χ2n) is 8.10. The van der Waals surface area contributed by atoms with Crippen molar-refractivity contribution in [3.8, 4) is 0 Å². The van der Waals surface area contributed by atoms with E-state index in [2.05, 4.69) is 9.71 Å². The average molecular weight is 430 g/mol. The van der Waals surface area contributed by atoms with Crippen molar-refractivity contribution in [3.63, 3.8) is 0 Å². The molecule has 1 atom stereocenters. The molecule has 6 nitrogen and oxygen atoms in total. The molecular formula is C23H31N3O3S. The lowest BCUT2D eigenvalue weighted by atomic mass is 9.95. The van der Waals surface area contributed by atoms with Crippen LogP contribution >= 0.6 is 0 Å². The number of amides is 1. The lowest BCUT2D eigenvalue weighted by molar-refractivity contribution is -0.132. The number of hydrogen-bond acceptors (Lipinski definition) is 4. The third kappa shape index (κ3) is 4.27. The van der Waals surface area contributed by atoms with Gasteiger partial charge in [-0.2, -0.15) is 0 Å². The molecule has 2 heterocycles. The fourth-order valence-corrected chi connectivity index (χ4v) is 5.95. The molecule has 1 aromatic heterocycles. The molecule has 0 spiro atoms. The zero-order valence-electron chi connectivity index (χ0n) is 18.4. The Morgan fingerprint density at radius 3 is 2.30 bits per heavy atom. The van der Waals surface area contributed by atoms with Crippen molar-refractivity contribution in [1.82, 2.24) is 14.6 Å². The van der Waals surface area contributed by atoms with Crippen LogP contribution in [0.25, 0.3) is 0 Å². The highest BCUT2D eigenvalue weighted by molar-refractivity contribution is 7.89. The molecule has 0 aliphatic carbocycles. The maximum atomic E-state index is 13.0. The van der Waals surface area contributed by atoms with Gasteiger partial charge in [0.15, 0.2) is 0 Å². The van der Waals surface area contributed by atoms with Crippen molar-refractivity contribution in [1.29, 1.82) is 0 Å². The largest absolute Gasteiger partial charge is 0.334 e. The summed E-state index contributed by atoms with van der Waals surface area (Å²) in [6.45, 7) is 10.4. The number of hydrogen-bond donors (Lipinski definition) is 1. The average Bonchev–Trinajstić information content (AvgIpc) is 3.21. The Hall–Kier alpha value is -2.25. The zero-order chi connectivity index (χ0) is 22.1. The third-order valence-corrected chi connectivity index (χ3v) is 8.17. The van der Waals surface area contributed by atoms with Gasteiger partial charge in [-0.05, 0) is 87.4 Å². The molecular weight excluding hydrogens is 398 g/mol. The van der Waals surface area contributed by atoms with E-state index in [1.54, 1.807) is 6.20 Å². The Labute approximate surface area is 179 Å². The SMILES string of the molecule is Cc1c(C)c(C)c(S(=O)(=O)NCCC(=O)N2CCCC2c2ccccn2)c(C)c1C. The molecule has 30 heavy (non-hydrogen) atoms. The van der Waals surface area contributed by atoms with Crippen molar-refractivity contribution in [2.45, 2.75) is 64.8 Å². The second-order valence-corrected chi connectivity index (χ2v) is 9.81. The van der Waals surface area contributed by atoms with Crippen molar-refractivity contribution in [2.75, 3.05) is 13.1 Å². The van der Waals surface area contributed by atoms with Gasteiger partial charge in [-0.25, -0.2) is 13.1 Å². The summed E-state index contributed by atoms with van der Waals surface area (Å²) in [5, 5.41) is 0. The number of nitrogens with zero attached hydrogens (tertiary/aromatic N) is 2. The number of benzene rings is 1. The van der Waals surface area contributed by atoms with Crippen LogP contribution in [0.2, 0.25) is 0 Å². The van der Waals surface area contributed by atoms with Crippen molar-refractivity contribution < 1.29 is 13.2 Å². The van der Waals surface area contributed by atoms with Crippen LogP contribution in [0.5, 0.6) is 0 Å². The van der Waals surface area contributed by atoms with Gasteiger partial charge in [0.05, 0.1) is 16.6 Å². The molecule has 1 amide bonds. The molecule has 0 saturated carbocycles. The van der Waals surface area contributed by atoms with Gasteiger partial charge in [0.2, 0.25) is 15.9 Å². The van der Waals surface area contributed by atoms with Crippen molar-refractivity contribution >= 4 is 15.9 Å². The monoisotopic (exact) mass is 429 g/mol. The summed E-state index contributed by atoms with van der Waals surface area (Å²) in [7, 11) is -3.70. The molecule has 1 N–H and O–H groups in total. The number of pyridine rings is 1. The predicted octanol–water partition coefficient (Wildman–Crippen LogP) is 3.66. The Balaban J connectivity index is 1.70. The Kier molecular flexibility index (Phi) is 6.62. The molecule has 1 unspecified atom stereocenters. The lowest BCUT2D eigenvalue weighted by Crippen LogP contribution is -2.35. The highest BCUT2D eigenvalue weighted by Crippen LogP contribution is 2.31. The van der Waals surface area contributed by atoms with E-state index in [4.69, 9.17) is 0 Å². The summed E-state index contributed by atoms with van der Waals surface area (Å²) >= 11 is 0. The Morgan fingerprint density at radius 1 is 1.07 bits per heavy atom. The molecule has 0 bridgehead atoms. The van der Waals surface area contributed by atoms with Crippen LogP contribution in [-0.2, 0) is 14.8 Å². The van der Waals surface area contributed by atoms with Crippen LogP contribution in [0.15, 0.2) is 29.3 Å². The fraction of sp³-hybridized carbons (Fsp3) is 0.478. The first-order valence-electron chi connectivity index (χ1n) is 10.4. The van der Waals surface area contributed by atoms with Crippen LogP contribution in [0.1, 0.15) is 58.8 Å². The van der Waals surface area contributed by atoms with Gasteiger partial charge in [-0.15, -0.1) is 0 Å². The maximum absolute atomic E-state index is 13.0. The molecule has 2 aromatic rings. The van der Waals surface area contributed by atoms with Gasteiger partial charge < -0.3 is 4.90 Å². The molecule has 1 saturated heterocycles. The summed E-state index contributed by atoms with van der Waals surface area (Å²) in [5.74, 6) is -0.0458. The first kappa shape index (κ1) is 22.4. The highest BCUT2D eigenvalue weighted by atomic mass is 32.2.